The van der Waals surface area contributed by atoms with E-state index in [0.29, 0.717) is 0 Å². The zero-order valence-electron chi connectivity index (χ0n) is 8.41. The average Bonchev–Trinajstić information content (AvgIpc) is 2.65. The van der Waals surface area contributed by atoms with E-state index in [2.05, 4.69) is 4.74 Å². The number of ether oxygens (including phenoxy) is 1. The highest BCUT2D eigenvalue weighted by Gasteiger charge is 2.19. The molecule has 76 valence electrons. The first-order valence-corrected chi connectivity index (χ1v) is 5.98. The summed E-state index contributed by atoms with van der Waals surface area (Å²) in [5.41, 5.74) is 0. The molecule has 1 saturated carbocycles. The molecule has 1 unspecified atom stereocenters. The van der Waals surface area contributed by atoms with E-state index in [1.54, 1.807) is 0 Å². The van der Waals surface area contributed by atoms with Crippen molar-refractivity contribution in [2.45, 2.75) is 37.9 Å². The maximum absolute atomic E-state index is 11.1. The largest absolute Gasteiger partial charge is 0.469 e. The van der Waals surface area contributed by atoms with Crippen LogP contribution in [-0.4, -0.2) is 24.1 Å². The second kappa shape index (κ2) is 5.53. The van der Waals surface area contributed by atoms with E-state index < -0.39 is 0 Å². The van der Waals surface area contributed by atoms with Crippen LogP contribution in [0.2, 0.25) is 0 Å². The molecule has 0 saturated heterocycles. The summed E-state index contributed by atoms with van der Waals surface area (Å²) in [6.45, 7) is 1.94. The Morgan fingerprint density at radius 1 is 1.54 bits per heavy atom. The van der Waals surface area contributed by atoms with Gasteiger partial charge in [0.25, 0.3) is 0 Å². The second-order valence-electron chi connectivity index (χ2n) is 3.66. The number of hydrogen-bond acceptors (Lipinski definition) is 3. The van der Waals surface area contributed by atoms with Crippen LogP contribution in [0.3, 0.4) is 0 Å². The summed E-state index contributed by atoms with van der Waals surface area (Å²) in [7, 11) is 1.46. The summed E-state index contributed by atoms with van der Waals surface area (Å²) in [6.07, 6.45) is 5.39. The molecule has 1 fully saturated rings. The van der Waals surface area contributed by atoms with Crippen molar-refractivity contribution in [1.82, 2.24) is 0 Å². The third kappa shape index (κ3) is 3.59. The predicted octanol–water partition coefficient (Wildman–Crippen LogP) is 2.47. The fourth-order valence-electron chi connectivity index (χ4n) is 1.60. The number of esters is 1. The molecule has 2 nitrogen and oxygen atoms in total. The highest BCUT2D eigenvalue weighted by atomic mass is 32.2. The van der Waals surface area contributed by atoms with Crippen molar-refractivity contribution < 1.29 is 9.53 Å². The predicted molar refractivity (Wildman–Crippen MR) is 55.9 cm³/mol. The molecule has 3 heteroatoms. The Bertz CT molecular complexity index is 164. The van der Waals surface area contributed by atoms with Crippen LogP contribution in [0.1, 0.15) is 32.6 Å². The normalized spacial score (nSPS) is 20.2. The lowest BCUT2D eigenvalue weighted by Crippen LogP contribution is -2.16. The molecule has 1 atom stereocenters. The van der Waals surface area contributed by atoms with Gasteiger partial charge in [-0.2, -0.15) is 11.8 Å². The van der Waals surface area contributed by atoms with Crippen molar-refractivity contribution in [2.24, 2.45) is 5.92 Å². The van der Waals surface area contributed by atoms with Crippen LogP contribution in [0, 0.1) is 5.92 Å². The molecule has 1 aliphatic carbocycles. The first-order chi connectivity index (χ1) is 6.24. The van der Waals surface area contributed by atoms with Gasteiger partial charge < -0.3 is 4.74 Å². The lowest BCUT2D eigenvalue weighted by molar-refractivity contribution is -0.143. The van der Waals surface area contributed by atoms with Crippen molar-refractivity contribution in [1.29, 1.82) is 0 Å². The van der Waals surface area contributed by atoms with Crippen molar-refractivity contribution in [2.75, 3.05) is 12.9 Å². The molecule has 0 aromatic rings. The van der Waals surface area contributed by atoms with Crippen molar-refractivity contribution in [3.05, 3.63) is 0 Å². The Kier molecular flexibility index (Phi) is 4.64. The van der Waals surface area contributed by atoms with Crippen LogP contribution < -0.4 is 0 Å². The van der Waals surface area contributed by atoms with Crippen LogP contribution in [0.25, 0.3) is 0 Å². The monoisotopic (exact) mass is 202 g/mol. The number of rotatable bonds is 4. The molecule has 0 bridgehead atoms. The number of hydrogen-bond donors (Lipinski definition) is 0. The molecular formula is C10H18O2S. The minimum atomic E-state index is -0.0782. The zero-order valence-corrected chi connectivity index (χ0v) is 9.23. The van der Waals surface area contributed by atoms with Crippen molar-refractivity contribution in [3.8, 4) is 0 Å². The SMILES string of the molecule is COC(=O)C(C)CSC1CCCC1. The molecular weight excluding hydrogens is 184 g/mol. The molecule has 0 aromatic heterocycles. The molecule has 1 rings (SSSR count). The van der Waals surface area contributed by atoms with Gasteiger partial charge in [-0.3, -0.25) is 4.79 Å². The summed E-state index contributed by atoms with van der Waals surface area (Å²) in [6, 6.07) is 0. The molecule has 13 heavy (non-hydrogen) atoms. The van der Waals surface area contributed by atoms with E-state index in [1.165, 1.54) is 32.8 Å². The van der Waals surface area contributed by atoms with Gasteiger partial charge in [0.1, 0.15) is 0 Å². The standard InChI is InChI=1S/C10H18O2S/c1-8(10(11)12-2)7-13-9-5-3-4-6-9/h8-9H,3-7H2,1-2H3. The Morgan fingerprint density at radius 2 is 2.15 bits per heavy atom. The topological polar surface area (TPSA) is 26.3 Å². The summed E-state index contributed by atoms with van der Waals surface area (Å²) in [4.78, 5) is 11.1. The van der Waals surface area contributed by atoms with Gasteiger partial charge in [-0.1, -0.05) is 19.8 Å². The van der Waals surface area contributed by atoms with Crippen LogP contribution in [0.15, 0.2) is 0 Å². The molecule has 1 aliphatic rings. The summed E-state index contributed by atoms with van der Waals surface area (Å²) < 4.78 is 4.67. The third-order valence-electron chi connectivity index (χ3n) is 2.49. The summed E-state index contributed by atoms with van der Waals surface area (Å²) in [5.74, 6) is 0.887. The number of methoxy groups -OCH3 is 1. The second-order valence-corrected chi connectivity index (χ2v) is 5.00. The number of thioether (sulfide) groups is 1. The van der Waals surface area contributed by atoms with Gasteiger partial charge in [-0.05, 0) is 12.8 Å². The number of carbonyl (C=O) groups is 1. The Morgan fingerprint density at radius 3 is 2.69 bits per heavy atom. The molecule has 0 amide bonds. The van der Waals surface area contributed by atoms with Gasteiger partial charge in [0.05, 0.1) is 13.0 Å². The summed E-state index contributed by atoms with van der Waals surface area (Å²) >= 11 is 1.93. The van der Waals surface area contributed by atoms with Crippen LogP contribution in [0.4, 0.5) is 0 Å². The maximum atomic E-state index is 11.1. The Balaban J connectivity index is 2.13. The molecule has 0 spiro atoms. The van der Waals surface area contributed by atoms with E-state index in [4.69, 9.17) is 0 Å². The van der Waals surface area contributed by atoms with Crippen molar-refractivity contribution >= 4 is 17.7 Å². The summed E-state index contributed by atoms with van der Waals surface area (Å²) in [5, 5.41) is 0.798. The minimum Gasteiger partial charge on any atom is -0.469 e. The van der Waals surface area contributed by atoms with Crippen molar-refractivity contribution in [3.63, 3.8) is 0 Å². The Hall–Kier alpha value is -0.180. The quantitative estimate of drug-likeness (QED) is 0.655. The van der Waals surface area contributed by atoms with Crippen LogP contribution >= 0.6 is 11.8 Å². The van der Waals surface area contributed by atoms with E-state index in [1.807, 2.05) is 18.7 Å². The van der Waals surface area contributed by atoms with Crippen LogP contribution in [-0.2, 0) is 9.53 Å². The first-order valence-electron chi connectivity index (χ1n) is 4.93. The molecule has 0 aliphatic heterocycles. The average molecular weight is 202 g/mol. The lowest BCUT2D eigenvalue weighted by Gasteiger charge is -2.12. The van der Waals surface area contributed by atoms with E-state index in [0.717, 1.165) is 11.0 Å². The van der Waals surface area contributed by atoms with Gasteiger partial charge in [0, 0.05) is 11.0 Å². The molecule has 0 N–H and O–H groups in total. The molecule has 0 heterocycles. The smallest absolute Gasteiger partial charge is 0.309 e. The van der Waals surface area contributed by atoms with Gasteiger partial charge in [-0.25, -0.2) is 0 Å². The highest BCUT2D eigenvalue weighted by Crippen LogP contribution is 2.30. The maximum Gasteiger partial charge on any atom is 0.309 e. The lowest BCUT2D eigenvalue weighted by atomic mass is 10.2. The third-order valence-corrected chi connectivity index (χ3v) is 4.12. The first kappa shape index (κ1) is 10.9. The van der Waals surface area contributed by atoms with Gasteiger partial charge in [-0.15, -0.1) is 0 Å². The van der Waals surface area contributed by atoms with E-state index in [-0.39, 0.29) is 11.9 Å². The van der Waals surface area contributed by atoms with E-state index in [9.17, 15) is 4.79 Å². The zero-order chi connectivity index (χ0) is 9.68. The van der Waals surface area contributed by atoms with Crippen LogP contribution in [0.5, 0.6) is 0 Å². The molecule has 0 aromatic carbocycles. The Labute approximate surface area is 84.4 Å². The number of carbonyl (C=O) groups excluding carboxylic acids is 1. The highest BCUT2D eigenvalue weighted by molar-refractivity contribution is 7.99. The van der Waals surface area contributed by atoms with E-state index >= 15 is 0 Å². The molecule has 0 radical (unpaired) electrons. The fourth-order valence-corrected chi connectivity index (χ4v) is 2.97. The van der Waals surface area contributed by atoms with Gasteiger partial charge in [0.2, 0.25) is 0 Å². The van der Waals surface area contributed by atoms with Gasteiger partial charge >= 0.3 is 5.97 Å². The minimum absolute atomic E-state index is 0.0515. The van der Waals surface area contributed by atoms with Gasteiger partial charge in [0.15, 0.2) is 0 Å². The fraction of sp³-hybridized carbons (Fsp3) is 0.900.